The zero-order valence-corrected chi connectivity index (χ0v) is 10.6. The van der Waals surface area contributed by atoms with Crippen LogP contribution in [0.2, 0.25) is 0 Å². The lowest BCUT2D eigenvalue weighted by Gasteiger charge is -2.19. The Bertz CT molecular complexity index is 646. The molecule has 1 heterocycles. The monoisotopic (exact) mass is 264 g/mol. The highest BCUT2D eigenvalue weighted by atomic mass is 35.5. The van der Waals surface area contributed by atoms with Gasteiger partial charge in [0.05, 0.1) is 6.04 Å². The molecule has 1 unspecified atom stereocenters. The molecule has 0 spiro atoms. The highest BCUT2D eigenvalue weighted by Crippen LogP contribution is 2.18. The van der Waals surface area contributed by atoms with E-state index in [1.54, 1.807) is 6.92 Å². The van der Waals surface area contributed by atoms with E-state index in [0.29, 0.717) is 5.69 Å². The third kappa shape index (κ3) is 2.38. The number of halogens is 1. The summed E-state index contributed by atoms with van der Waals surface area (Å²) < 4.78 is 1.50. The molecule has 5 heteroatoms. The van der Waals surface area contributed by atoms with Gasteiger partial charge in [-0.1, -0.05) is 30.3 Å². The van der Waals surface area contributed by atoms with Crippen molar-refractivity contribution in [3.8, 4) is 0 Å². The van der Waals surface area contributed by atoms with Gasteiger partial charge in [0.2, 0.25) is 0 Å². The van der Waals surface area contributed by atoms with E-state index in [9.17, 15) is 9.59 Å². The van der Waals surface area contributed by atoms with Crippen molar-refractivity contribution in [3.63, 3.8) is 0 Å². The molecule has 0 radical (unpaired) electrons. The fraction of sp³-hybridized carbons (Fsp3) is 0.231. The van der Waals surface area contributed by atoms with Crippen molar-refractivity contribution in [2.75, 3.05) is 5.88 Å². The zero-order valence-electron chi connectivity index (χ0n) is 9.89. The predicted molar refractivity (Wildman–Crippen MR) is 71.4 cm³/mol. The number of nitrogens with zero attached hydrogens (tertiary/aromatic N) is 1. The van der Waals surface area contributed by atoms with Gasteiger partial charge < -0.3 is 0 Å². The molecule has 4 nitrogen and oxygen atoms in total. The van der Waals surface area contributed by atoms with Crippen molar-refractivity contribution in [1.82, 2.24) is 9.55 Å². The van der Waals surface area contributed by atoms with Gasteiger partial charge >= 0.3 is 5.69 Å². The van der Waals surface area contributed by atoms with E-state index < -0.39 is 11.2 Å². The Kier molecular flexibility index (Phi) is 3.67. The molecule has 1 aromatic carbocycles. The molecule has 0 saturated carbocycles. The van der Waals surface area contributed by atoms with Gasteiger partial charge in [-0.25, -0.2) is 4.79 Å². The van der Waals surface area contributed by atoms with Gasteiger partial charge in [-0.3, -0.25) is 14.3 Å². The molecule has 2 rings (SSSR count). The van der Waals surface area contributed by atoms with Gasteiger partial charge in [-0.2, -0.15) is 0 Å². The van der Waals surface area contributed by atoms with E-state index in [0.717, 1.165) is 5.56 Å². The predicted octanol–water partition coefficient (Wildman–Crippen LogP) is 1.67. The van der Waals surface area contributed by atoms with Gasteiger partial charge in [0.25, 0.3) is 5.56 Å². The molecule has 0 aliphatic rings. The summed E-state index contributed by atoms with van der Waals surface area (Å²) >= 11 is 5.97. The van der Waals surface area contributed by atoms with E-state index >= 15 is 0 Å². The summed E-state index contributed by atoms with van der Waals surface area (Å²) in [5.41, 5.74) is 0.702. The van der Waals surface area contributed by atoms with Crippen LogP contribution in [0.5, 0.6) is 0 Å². The average molecular weight is 265 g/mol. The third-order valence-electron chi connectivity index (χ3n) is 2.81. The van der Waals surface area contributed by atoms with E-state index in [4.69, 9.17) is 11.6 Å². The standard InChI is InChI=1S/C13H13ClN2O2/c1-9-7-12(17)15-13(18)16(9)11(8-14)10-5-3-2-4-6-10/h2-7,11H,8H2,1H3,(H,15,17,18). The number of rotatable bonds is 3. The Labute approximate surface area is 109 Å². The Hall–Kier alpha value is -1.81. The van der Waals surface area contributed by atoms with Crippen molar-refractivity contribution in [3.05, 3.63) is 68.5 Å². The molecule has 94 valence electrons. The van der Waals surface area contributed by atoms with Gasteiger partial charge in [-0.05, 0) is 12.5 Å². The number of aryl methyl sites for hydroxylation is 1. The first-order chi connectivity index (χ1) is 8.63. The van der Waals surface area contributed by atoms with E-state index in [1.165, 1.54) is 10.6 Å². The molecule has 1 N–H and O–H groups in total. The quantitative estimate of drug-likeness (QED) is 0.858. The van der Waals surface area contributed by atoms with Gasteiger partial charge in [-0.15, -0.1) is 11.6 Å². The summed E-state index contributed by atoms with van der Waals surface area (Å²) in [5, 5.41) is 0. The molecule has 0 bridgehead atoms. The van der Waals surface area contributed by atoms with Crippen LogP contribution in [0, 0.1) is 6.92 Å². The minimum absolute atomic E-state index is 0.261. The van der Waals surface area contributed by atoms with E-state index in [1.807, 2.05) is 30.3 Å². The molecule has 1 aromatic heterocycles. The molecule has 0 saturated heterocycles. The van der Waals surface area contributed by atoms with Crippen LogP contribution in [0.15, 0.2) is 46.0 Å². The minimum Gasteiger partial charge on any atom is -0.289 e. The Morgan fingerprint density at radius 2 is 1.94 bits per heavy atom. The largest absolute Gasteiger partial charge is 0.329 e. The van der Waals surface area contributed by atoms with Crippen molar-refractivity contribution >= 4 is 11.6 Å². The lowest BCUT2D eigenvalue weighted by atomic mass is 10.1. The Balaban J connectivity index is 2.60. The van der Waals surface area contributed by atoms with Gasteiger partial charge in [0.15, 0.2) is 0 Å². The second-order valence-electron chi connectivity index (χ2n) is 4.03. The van der Waals surface area contributed by atoms with Crippen LogP contribution in [0.3, 0.4) is 0 Å². The zero-order chi connectivity index (χ0) is 13.1. The summed E-state index contributed by atoms with van der Waals surface area (Å²) in [6.07, 6.45) is 0. The van der Waals surface area contributed by atoms with E-state index in [-0.39, 0.29) is 11.9 Å². The van der Waals surface area contributed by atoms with Crippen molar-refractivity contribution in [2.24, 2.45) is 0 Å². The van der Waals surface area contributed by atoms with Crippen LogP contribution in [0.25, 0.3) is 0 Å². The summed E-state index contributed by atoms with van der Waals surface area (Å²) in [6.45, 7) is 1.72. The first-order valence-corrected chi connectivity index (χ1v) is 6.10. The van der Waals surface area contributed by atoms with Crippen LogP contribution in [0.1, 0.15) is 17.3 Å². The number of benzene rings is 1. The van der Waals surface area contributed by atoms with Crippen molar-refractivity contribution < 1.29 is 0 Å². The van der Waals surface area contributed by atoms with Crippen LogP contribution >= 0.6 is 11.6 Å². The molecule has 0 aliphatic heterocycles. The normalized spacial score (nSPS) is 12.3. The molecular weight excluding hydrogens is 252 g/mol. The summed E-state index contributed by atoms with van der Waals surface area (Å²) in [4.78, 5) is 25.3. The SMILES string of the molecule is Cc1cc(=O)[nH]c(=O)n1C(CCl)c1ccccc1. The lowest BCUT2D eigenvalue weighted by molar-refractivity contribution is 0.582. The second kappa shape index (κ2) is 5.23. The summed E-state index contributed by atoms with van der Waals surface area (Å²) in [6, 6.07) is 10.6. The summed E-state index contributed by atoms with van der Waals surface area (Å²) in [5.74, 6) is 0.261. The van der Waals surface area contributed by atoms with Crippen molar-refractivity contribution in [1.29, 1.82) is 0 Å². The maximum absolute atomic E-state index is 11.9. The number of H-pyrrole nitrogens is 1. The first-order valence-electron chi connectivity index (χ1n) is 5.57. The maximum atomic E-state index is 11.9. The van der Waals surface area contributed by atoms with Crippen LogP contribution in [-0.2, 0) is 0 Å². The number of nitrogens with one attached hydrogen (secondary N) is 1. The second-order valence-corrected chi connectivity index (χ2v) is 4.34. The number of aromatic amines is 1. The number of alkyl halides is 1. The molecule has 2 aromatic rings. The number of aromatic nitrogens is 2. The van der Waals surface area contributed by atoms with Crippen LogP contribution in [0.4, 0.5) is 0 Å². The smallest absolute Gasteiger partial charge is 0.289 e. The third-order valence-corrected chi connectivity index (χ3v) is 3.10. The highest BCUT2D eigenvalue weighted by Gasteiger charge is 2.16. The Morgan fingerprint density at radius 3 is 2.50 bits per heavy atom. The molecule has 0 amide bonds. The topological polar surface area (TPSA) is 54.9 Å². The fourth-order valence-electron chi connectivity index (χ4n) is 1.99. The molecule has 0 fully saturated rings. The van der Waals surface area contributed by atoms with E-state index in [2.05, 4.69) is 4.98 Å². The van der Waals surface area contributed by atoms with Gasteiger partial charge in [0.1, 0.15) is 0 Å². The molecule has 1 atom stereocenters. The number of hydrogen-bond acceptors (Lipinski definition) is 2. The van der Waals surface area contributed by atoms with Crippen LogP contribution in [-0.4, -0.2) is 15.4 Å². The molecule has 0 aliphatic carbocycles. The minimum atomic E-state index is -0.436. The van der Waals surface area contributed by atoms with Gasteiger partial charge in [0, 0.05) is 17.6 Å². The summed E-state index contributed by atoms with van der Waals surface area (Å²) in [7, 11) is 0. The molecule has 18 heavy (non-hydrogen) atoms. The first kappa shape index (κ1) is 12.6. The van der Waals surface area contributed by atoms with Crippen LogP contribution < -0.4 is 11.2 Å². The number of hydrogen-bond donors (Lipinski definition) is 1. The lowest BCUT2D eigenvalue weighted by Crippen LogP contribution is -2.34. The Morgan fingerprint density at radius 1 is 1.28 bits per heavy atom. The fourth-order valence-corrected chi connectivity index (χ4v) is 2.31. The highest BCUT2D eigenvalue weighted by molar-refractivity contribution is 6.18. The van der Waals surface area contributed by atoms with Crippen molar-refractivity contribution in [2.45, 2.75) is 13.0 Å². The maximum Gasteiger partial charge on any atom is 0.329 e. The average Bonchev–Trinajstić information content (AvgIpc) is 2.34. The molecular formula is C13H13ClN2O2.